The van der Waals surface area contributed by atoms with E-state index in [1.165, 1.54) is 0 Å². The Kier molecular flexibility index (Phi) is 7.35. The van der Waals surface area contributed by atoms with Crippen molar-refractivity contribution in [1.29, 1.82) is 0 Å². The summed E-state index contributed by atoms with van der Waals surface area (Å²) in [6, 6.07) is 8.99. The van der Waals surface area contributed by atoms with E-state index in [1.54, 1.807) is 31.1 Å². The minimum Gasteiger partial charge on any atom is -0.466 e. The van der Waals surface area contributed by atoms with Crippen LogP contribution in [0.3, 0.4) is 0 Å². The predicted octanol–water partition coefficient (Wildman–Crippen LogP) is 1.73. The fraction of sp³-hybridized carbons (Fsp3) is 0.467. The minimum atomic E-state index is -0.296. The van der Waals surface area contributed by atoms with Crippen molar-refractivity contribution in [2.24, 2.45) is 0 Å². The van der Waals surface area contributed by atoms with Crippen LogP contribution in [0, 0.1) is 0 Å². The molecule has 0 aromatic heterocycles. The molecule has 0 aliphatic heterocycles. The smallest absolute Gasteiger partial charge is 0.307 e. The van der Waals surface area contributed by atoms with Gasteiger partial charge in [0.05, 0.1) is 19.6 Å². The lowest BCUT2D eigenvalue weighted by Gasteiger charge is -2.22. The van der Waals surface area contributed by atoms with Crippen molar-refractivity contribution in [3.63, 3.8) is 0 Å². The second kappa shape index (κ2) is 9.09. The Morgan fingerprint density at radius 1 is 1.15 bits per heavy atom. The van der Waals surface area contributed by atoms with Crippen LogP contribution >= 0.6 is 0 Å². The second-order valence-corrected chi connectivity index (χ2v) is 4.21. The number of carbonyl (C=O) groups excluding carboxylic acids is 2. The van der Waals surface area contributed by atoms with E-state index in [9.17, 15) is 9.59 Å². The molecular formula is C15H21NO4. The van der Waals surface area contributed by atoms with Crippen molar-refractivity contribution >= 4 is 11.9 Å². The van der Waals surface area contributed by atoms with Gasteiger partial charge in [-0.25, -0.2) is 0 Å². The molecule has 1 rings (SSSR count). The minimum absolute atomic E-state index is 0.105. The van der Waals surface area contributed by atoms with Crippen LogP contribution in [0.1, 0.15) is 23.7 Å². The van der Waals surface area contributed by atoms with Gasteiger partial charge >= 0.3 is 5.97 Å². The third kappa shape index (κ3) is 5.40. The van der Waals surface area contributed by atoms with Crippen LogP contribution < -0.4 is 0 Å². The first kappa shape index (κ1) is 16.2. The van der Waals surface area contributed by atoms with Gasteiger partial charge in [0, 0.05) is 25.8 Å². The number of benzene rings is 1. The molecule has 0 aliphatic carbocycles. The van der Waals surface area contributed by atoms with Gasteiger partial charge in [-0.2, -0.15) is 0 Å². The lowest BCUT2D eigenvalue weighted by Crippen LogP contribution is -2.35. The summed E-state index contributed by atoms with van der Waals surface area (Å²) in [5.74, 6) is -0.400. The number of ether oxygens (including phenoxy) is 2. The monoisotopic (exact) mass is 279 g/mol. The number of nitrogens with zero attached hydrogens (tertiary/aromatic N) is 1. The number of hydrogen-bond acceptors (Lipinski definition) is 4. The van der Waals surface area contributed by atoms with Crippen LogP contribution in [0.15, 0.2) is 30.3 Å². The zero-order chi connectivity index (χ0) is 14.8. The Balaban J connectivity index is 2.63. The van der Waals surface area contributed by atoms with Crippen LogP contribution in [0.25, 0.3) is 0 Å². The molecule has 0 spiro atoms. The fourth-order valence-corrected chi connectivity index (χ4v) is 1.74. The van der Waals surface area contributed by atoms with Gasteiger partial charge in [-0.15, -0.1) is 0 Å². The number of amides is 1. The number of hydrogen-bond donors (Lipinski definition) is 0. The zero-order valence-corrected chi connectivity index (χ0v) is 12.0. The average Bonchev–Trinajstić information content (AvgIpc) is 2.48. The number of esters is 1. The molecule has 0 bridgehead atoms. The summed E-state index contributed by atoms with van der Waals surface area (Å²) in [7, 11) is 1.58. The van der Waals surface area contributed by atoms with Crippen molar-refractivity contribution in [1.82, 2.24) is 4.90 Å². The number of carbonyl (C=O) groups is 2. The summed E-state index contributed by atoms with van der Waals surface area (Å²) in [4.78, 5) is 25.3. The van der Waals surface area contributed by atoms with E-state index < -0.39 is 0 Å². The molecule has 0 saturated heterocycles. The molecule has 0 fully saturated rings. The summed E-state index contributed by atoms with van der Waals surface area (Å²) in [6.45, 7) is 3.32. The van der Waals surface area contributed by atoms with Gasteiger partial charge in [0.15, 0.2) is 0 Å². The SMILES string of the molecule is CCOC(=O)CCN(CCOC)C(=O)c1ccccc1. The third-order valence-electron chi connectivity index (χ3n) is 2.76. The van der Waals surface area contributed by atoms with E-state index in [-0.39, 0.29) is 18.3 Å². The number of rotatable bonds is 8. The number of methoxy groups -OCH3 is 1. The molecule has 0 heterocycles. The maximum atomic E-state index is 12.3. The second-order valence-electron chi connectivity index (χ2n) is 4.21. The van der Waals surface area contributed by atoms with E-state index >= 15 is 0 Å². The lowest BCUT2D eigenvalue weighted by atomic mass is 10.2. The molecule has 0 aliphatic rings. The molecule has 0 unspecified atom stereocenters. The summed E-state index contributed by atoms with van der Waals surface area (Å²) < 4.78 is 9.88. The Bertz CT molecular complexity index is 419. The van der Waals surface area contributed by atoms with Crippen molar-refractivity contribution < 1.29 is 19.1 Å². The maximum absolute atomic E-state index is 12.3. The molecule has 0 saturated carbocycles. The van der Waals surface area contributed by atoms with E-state index in [4.69, 9.17) is 9.47 Å². The lowest BCUT2D eigenvalue weighted by molar-refractivity contribution is -0.143. The molecule has 0 radical (unpaired) electrons. The Morgan fingerprint density at radius 2 is 1.85 bits per heavy atom. The molecule has 5 heteroatoms. The van der Waals surface area contributed by atoms with E-state index in [2.05, 4.69) is 0 Å². The van der Waals surface area contributed by atoms with Crippen molar-refractivity contribution in [2.75, 3.05) is 33.4 Å². The van der Waals surface area contributed by atoms with E-state index in [1.807, 2.05) is 18.2 Å². The van der Waals surface area contributed by atoms with E-state index in [0.29, 0.717) is 31.9 Å². The molecule has 1 aromatic rings. The van der Waals surface area contributed by atoms with Crippen LogP contribution in [-0.4, -0.2) is 50.2 Å². The first-order chi connectivity index (χ1) is 9.69. The highest BCUT2D eigenvalue weighted by Crippen LogP contribution is 2.06. The highest BCUT2D eigenvalue weighted by molar-refractivity contribution is 5.94. The topological polar surface area (TPSA) is 55.8 Å². The molecule has 110 valence electrons. The third-order valence-corrected chi connectivity index (χ3v) is 2.76. The summed E-state index contributed by atoms with van der Waals surface area (Å²) in [5.41, 5.74) is 0.604. The van der Waals surface area contributed by atoms with E-state index in [0.717, 1.165) is 0 Å². The largest absolute Gasteiger partial charge is 0.466 e. The first-order valence-corrected chi connectivity index (χ1v) is 6.68. The normalized spacial score (nSPS) is 10.1. The Hall–Kier alpha value is -1.88. The first-order valence-electron chi connectivity index (χ1n) is 6.68. The van der Waals surface area contributed by atoms with Crippen LogP contribution in [-0.2, 0) is 14.3 Å². The summed E-state index contributed by atoms with van der Waals surface area (Å²) in [5, 5.41) is 0. The Morgan fingerprint density at radius 3 is 2.45 bits per heavy atom. The van der Waals surface area contributed by atoms with Gasteiger partial charge in [-0.05, 0) is 19.1 Å². The average molecular weight is 279 g/mol. The van der Waals surface area contributed by atoms with Gasteiger partial charge in [0.1, 0.15) is 0 Å². The molecule has 1 aromatic carbocycles. The van der Waals surface area contributed by atoms with Gasteiger partial charge in [0.25, 0.3) is 5.91 Å². The predicted molar refractivity (Wildman–Crippen MR) is 75.5 cm³/mol. The molecule has 5 nitrogen and oxygen atoms in total. The van der Waals surface area contributed by atoms with Gasteiger partial charge in [0.2, 0.25) is 0 Å². The maximum Gasteiger partial charge on any atom is 0.307 e. The van der Waals surface area contributed by atoms with Gasteiger partial charge < -0.3 is 14.4 Å². The fourth-order valence-electron chi connectivity index (χ4n) is 1.74. The zero-order valence-electron chi connectivity index (χ0n) is 12.0. The standard InChI is InChI=1S/C15H21NO4/c1-3-20-14(17)9-10-16(11-12-19-2)15(18)13-7-5-4-6-8-13/h4-8H,3,9-12H2,1-2H3. The van der Waals surface area contributed by atoms with Gasteiger partial charge in [-0.3, -0.25) is 9.59 Å². The highest BCUT2D eigenvalue weighted by atomic mass is 16.5. The molecule has 20 heavy (non-hydrogen) atoms. The molecular weight excluding hydrogens is 258 g/mol. The van der Waals surface area contributed by atoms with Crippen LogP contribution in [0.4, 0.5) is 0 Å². The molecule has 0 N–H and O–H groups in total. The quantitative estimate of drug-likeness (QED) is 0.680. The Labute approximate surface area is 119 Å². The highest BCUT2D eigenvalue weighted by Gasteiger charge is 2.16. The van der Waals surface area contributed by atoms with Crippen LogP contribution in [0.2, 0.25) is 0 Å². The van der Waals surface area contributed by atoms with Gasteiger partial charge in [-0.1, -0.05) is 18.2 Å². The van der Waals surface area contributed by atoms with Crippen molar-refractivity contribution in [3.8, 4) is 0 Å². The molecule has 0 atom stereocenters. The summed E-state index contributed by atoms with van der Waals surface area (Å²) >= 11 is 0. The summed E-state index contributed by atoms with van der Waals surface area (Å²) in [6.07, 6.45) is 0.191. The van der Waals surface area contributed by atoms with Crippen molar-refractivity contribution in [2.45, 2.75) is 13.3 Å². The van der Waals surface area contributed by atoms with Crippen molar-refractivity contribution in [3.05, 3.63) is 35.9 Å². The van der Waals surface area contributed by atoms with Crippen LogP contribution in [0.5, 0.6) is 0 Å². The molecule has 1 amide bonds.